The fourth-order valence-corrected chi connectivity index (χ4v) is 0.562. The molecule has 1 atom stereocenters. The van der Waals surface area contributed by atoms with Gasteiger partial charge in [-0.05, 0) is 19.8 Å². The Hall–Kier alpha value is -0.300. The first-order valence-corrected chi connectivity index (χ1v) is 3.01. The van der Waals surface area contributed by atoms with E-state index in [9.17, 15) is 0 Å². The van der Waals surface area contributed by atoms with Crippen LogP contribution in [-0.4, -0.2) is 11.2 Å². The van der Waals surface area contributed by atoms with E-state index in [2.05, 4.69) is 6.58 Å². The van der Waals surface area contributed by atoms with Crippen molar-refractivity contribution in [3.05, 3.63) is 12.2 Å². The lowest BCUT2D eigenvalue weighted by Crippen LogP contribution is -1.99. The Morgan fingerprint density at radius 2 is 2.25 bits per heavy atom. The highest BCUT2D eigenvalue weighted by Crippen LogP contribution is 2.05. The Morgan fingerprint density at radius 3 is 2.38 bits per heavy atom. The van der Waals surface area contributed by atoms with Gasteiger partial charge in [0.05, 0.1) is 6.10 Å². The van der Waals surface area contributed by atoms with Gasteiger partial charge in [-0.3, -0.25) is 0 Å². The van der Waals surface area contributed by atoms with E-state index >= 15 is 0 Å². The maximum atomic E-state index is 8.79. The molecule has 0 amide bonds. The number of aliphatic hydroxyl groups is 1. The minimum Gasteiger partial charge on any atom is -0.393 e. The molecule has 0 saturated heterocycles. The van der Waals surface area contributed by atoms with Gasteiger partial charge in [0.2, 0.25) is 0 Å². The normalized spacial score (nSPS) is 13.4. The predicted molar refractivity (Wildman–Crippen MR) is 35.7 cm³/mol. The average molecular weight is 114 g/mol. The standard InChI is InChI=1S/C7H14O/c1-4-6(2)5-7(3)8/h7-8H,2,4-5H2,1,3H3. The molecule has 0 rings (SSSR count). The minimum absolute atomic E-state index is 0.220. The minimum atomic E-state index is -0.220. The van der Waals surface area contributed by atoms with Gasteiger partial charge in [-0.15, -0.1) is 0 Å². The van der Waals surface area contributed by atoms with E-state index in [1.54, 1.807) is 6.92 Å². The van der Waals surface area contributed by atoms with Gasteiger partial charge in [0.15, 0.2) is 0 Å². The molecule has 1 N–H and O–H groups in total. The average Bonchev–Trinajstić information content (AvgIpc) is 1.65. The molecule has 1 nitrogen and oxygen atoms in total. The van der Waals surface area contributed by atoms with Crippen LogP contribution in [0.5, 0.6) is 0 Å². The van der Waals surface area contributed by atoms with Crippen molar-refractivity contribution in [1.29, 1.82) is 0 Å². The molecule has 8 heavy (non-hydrogen) atoms. The zero-order valence-electron chi connectivity index (χ0n) is 5.65. The molecule has 48 valence electrons. The van der Waals surface area contributed by atoms with Crippen molar-refractivity contribution in [3.8, 4) is 0 Å². The monoisotopic (exact) mass is 114 g/mol. The van der Waals surface area contributed by atoms with Gasteiger partial charge in [0, 0.05) is 0 Å². The van der Waals surface area contributed by atoms with E-state index < -0.39 is 0 Å². The zero-order chi connectivity index (χ0) is 6.57. The van der Waals surface area contributed by atoms with Gasteiger partial charge >= 0.3 is 0 Å². The number of rotatable bonds is 3. The molecular weight excluding hydrogens is 100 g/mol. The van der Waals surface area contributed by atoms with E-state index in [4.69, 9.17) is 5.11 Å². The fraction of sp³-hybridized carbons (Fsp3) is 0.714. The number of aliphatic hydroxyl groups excluding tert-OH is 1. The molecule has 0 aliphatic rings. The largest absolute Gasteiger partial charge is 0.393 e. The Morgan fingerprint density at radius 1 is 1.75 bits per heavy atom. The molecule has 0 saturated carbocycles. The molecule has 0 aliphatic heterocycles. The molecule has 1 unspecified atom stereocenters. The molecule has 0 fully saturated rings. The van der Waals surface area contributed by atoms with Crippen molar-refractivity contribution in [2.75, 3.05) is 0 Å². The summed E-state index contributed by atoms with van der Waals surface area (Å²) in [5.41, 5.74) is 1.13. The molecule has 0 spiro atoms. The van der Waals surface area contributed by atoms with Crippen LogP contribution < -0.4 is 0 Å². The van der Waals surface area contributed by atoms with Crippen molar-refractivity contribution >= 4 is 0 Å². The van der Waals surface area contributed by atoms with E-state index in [1.807, 2.05) is 6.92 Å². The molecule has 0 bridgehead atoms. The Labute approximate surface area is 51.0 Å². The molecule has 0 aliphatic carbocycles. The van der Waals surface area contributed by atoms with Crippen LogP contribution in [-0.2, 0) is 0 Å². The van der Waals surface area contributed by atoms with Gasteiger partial charge in [0.25, 0.3) is 0 Å². The smallest absolute Gasteiger partial charge is 0.0549 e. The second kappa shape index (κ2) is 3.67. The molecule has 0 radical (unpaired) electrons. The van der Waals surface area contributed by atoms with E-state index in [-0.39, 0.29) is 6.10 Å². The van der Waals surface area contributed by atoms with Crippen molar-refractivity contribution in [2.45, 2.75) is 32.8 Å². The fourth-order valence-electron chi connectivity index (χ4n) is 0.562. The van der Waals surface area contributed by atoms with Gasteiger partial charge in [0.1, 0.15) is 0 Å². The summed E-state index contributed by atoms with van der Waals surface area (Å²) in [6, 6.07) is 0. The van der Waals surface area contributed by atoms with Crippen LogP contribution in [0.2, 0.25) is 0 Å². The van der Waals surface area contributed by atoms with Crippen LogP contribution >= 0.6 is 0 Å². The maximum Gasteiger partial charge on any atom is 0.0549 e. The van der Waals surface area contributed by atoms with E-state index in [0.717, 1.165) is 18.4 Å². The molecule has 1 heteroatoms. The summed E-state index contributed by atoms with van der Waals surface area (Å²) in [4.78, 5) is 0. The lowest BCUT2D eigenvalue weighted by atomic mass is 10.1. The van der Waals surface area contributed by atoms with Crippen LogP contribution in [0.25, 0.3) is 0 Å². The van der Waals surface area contributed by atoms with Crippen molar-refractivity contribution in [1.82, 2.24) is 0 Å². The molecule has 0 aromatic rings. The van der Waals surface area contributed by atoms with Crippen molar-refractivity contribution in [3.63, 3.8) is 0 Å². The van der Waals surface area contributed by atoms with Crippen molar-refractivity contribution < 1.29 is 5.11 Å². The van der Waals surface area contributed by atoms with Gasteiger partial charge in [-0.1, -0.05) is 19.1 Å². The lowest BCUT2D eigenvalue weighted by Gasteiger charge is -2.02. The first-order chi connectivity index (χ1) is 3.66. The topological polar surface area (TPSA) is 20.2 Å². The third-order valence-corrected chi connectivity index (χ3v) is 1.08. The summed E-state index contributed by atoms with van der Waals surface area (Å²) in [5, 5.41) is 8.79. The first-order valence-electron chi connectivity index (χ1n) is 3.01. The van der Waals surface area contributed by atoms with Crippen LogP contribution in [0.3, 0.4) is 0 Å². The van der Waals surface area contributed by atoms with Gasteiger partial charge in [-0.25, -0.2) is 0 Å². The van der Waals surface area contributed by atoms with Crippen LogP contribution in [0.1, 0.15) is 26.7 Å². The SMILES string of the molecule is C=C(CC)CC(C)O. The van der Waals surface area contributed by atoms with Crippen LogP contribution in [0.4, 0.5) is 0 Å². The summed E-state index contributed by atoms with van der Waals surface area (Å²) in [6.07, 6.45) is 1.50. The molecule has 0 aromatic carbocycles. The summed E-state index contributed by atoms with van der Waals surface area (Å²) in [6.45, 7) is 7.58. The van der Waals surface area contributed by atoms with Crippen molar-refractivity contribution in [2.24, 2.45) is 0 Å². The number of hydrogen-bond donors (Lipinski definition) is 1. The maximum absolute atomic E-state index is 8.79. The Bertz CT molecular complexity index is 74.5. The van der Waals surface area contributed by atoms with Gasteiger partial charge in [-0.2, -0.15) is 0 Å². The Balaban J connectivity index is 3.25. The number of hydrogen-bond acceptors (Lipinski definition) is 1. The summed E-state index contributed by atoms with van der Waals surface area (Å²) >= 11 is 0. The first kappa shape index (κ1) is 7.70. The predicted octanol–water partition coefficient (Wildman–Crippen LogP) is 1.72. The molecule has 0 heterocycles. The quantitative estimate of drug-likeness (QED) is 0.554. The molecule has 0 aromatic heterocycles. The second-order valence-electron chi connectivity index (χ2n) is 2.16. The summed E-state index contributed by atoms with van der Waals surface area (Å²) in [7, 11) is 0. The lowest BCUT2D eigenvalue weighted by molar-refractivity contribution is 0.194. The zero-order valence-corrected chi connectivity index (χ0v) is 5.65. The van der Waals surface area contributed by atoms with Gasteiger partial charge < -0.3 is 5.11 Å². The molecular formula is C7H14O. The third-order valence-electron chi connectivity index (χ3n) is 1.08. The third kappa shape index (κ3) is 3.88. The van der Waals surface area contributed by atoms with E-state index in [0.29, 0.717) is 0 Å². The Kier molecular flexibility index (Phi) is 3.53. The van der Waals surface area contributed by atoms with E-state index in [1.165, 1.54) is 0 Å². The van der Waals surface area contributed by atoms with Crippen LogP contribution in [0, 0.1) is 0 Å². The summed E-state index contributed by atoms with van der Waals surface area (Å²) < 4.78 is 0. The highest BCUT2D eigenvalue weighted by Gasteiger charge is 1.95. The highest BCUT2D eigenvalue weighted by atomic mass is 16.3. The van der Waals surface area contributed by atoms with Crippen LogP contribution in [0.15, 0.2) is 12.2 Å². The second-order valence-corrected chi connectivity index (χ2v) is 2.16. The summed E-state index contributed by atoms with van der Waals surface area (Å²) in [5.74, 6) is 0. The highest BCUT2D eigenvalue weighted by molar-refractivity contribution is 4.93.